The molecule has 0 fully saturated rings. The fourth-order valence-corrected chi connectivity index (χ4v) is 0.717. The molecule has 62 valence electrons. The van der Waals surface area contributed by atoms with Crippen molar-refractivity contribution in [2.75, 3.05) is 7.05 Å². The van der Waals surface area contributed by atoms with Gasteiger partial charge in [-0.1, -0.05) is 0 Å². The van der Waals surface area contributed by atoms with Crippen LogP contribution in [0.25, 0.3) is 0 Å². The van der Waals surface area contributed by atoms with Crippen molar-refractivity contribution in [2.24, 2.45) is 0 Å². The van der Waals surface area contributed by atoms with Gasteiger partial charge in [-0.3, -0.25) is 9.63 Å². The first kappa shape index (κ1) is 8.03. The lowest BCUT2D eigenvalue weighted by Gasteiger charge is -1.96. The third-order valence-electron chi connectivity index (χ3n) is 1.36. The Morgan fingerprint density at radius 1 is 1.73 bits per heavy atom. The lowest BCUT2D eigenvalue weighted by molar-refractivity contribution is 0.0434. The van der Waals surface area contributed by atoms with E-state index in [1.807, 2.05) is 0 Å². The molecule has 0 saturated carbocycles. The van der Waals surface area contributed by atoms with Crippen molar-refractivity contribution in [1.29, 1.82) is 0 Å². The predicted molar refractivity (Wildman–Crippen MR) is 37.9 cm³/mol. The summed E-state index contributed by atoms with van der Waals surface area (Å²) in [6, 6.07) is 0. The van der Waals surface area contributed by atoms with Crippen LogP contribution in [0.5, 0.6) is 0 Å². The van der Waals surface area contributed by atoms with Crippen molar-refractivity contribution < 1.29 is 9.36 Å². The second-order valence-electron chi connectivity index (χ2n) is 2.06. The first-order valence-corrected chi connectivity index (χ1v) is 3.21. The number of hydrogen-bond donors (Lipinski definition) is 2. The number of hydroxylamine groups is 1. The Bertz CT molecular complexity index is 276. The number of H-pyrrole nitrogens is 1. The van der Waals surface area contributed by atoms with Gasteiger partial charge in [0, 0.05) is 7.05 Å². The Hall–Kier alpha value is -1.07. The number of aromatic nitrogens is 1. The lowest BCUT2D eigenvalue weighted by atomic mass is 10.3. The molecule has 0 unspecified atom stereocenters. The number of hydrogen-bond acceptors (Lipinski definition) is 4. The van der Waals surface area contributed by atoms with Crippen molar-refractivity contribution >= 4 is 0 Å². The van der Waals surface area contributed by atoms with Gasteiger partial charge in [-0.2, -0.15) is 5.16 Å². The molecule has 1 rings (SSSR count). The topological polar surface area (TPSA) is 67.3 Å². The Balaban J connectivity index is 2.75. The van der Waals surface area contributed by atoms with Crippen LogP contribution in [0, 0.1) is 6.92 Å². The quantitative estimate of drug-likeness (QED) is 0.604. The number of aryl methyl sites for hydroxylation is 1. The normalized spacial score (nSPS) is 10.4. The highest BCUT2D eigenvalue weighted by Crippen LogP contribution is 2.00. The van der Waals surface area contributed by atoms with E-state index in [1.54, 1.807) is 14.0 Å². The summed E-state index contributed by atoms with van der Waals surface area (Å²) < 4.78 is 4.75. The molecule has 0 aliphatic carbocycles. The van der Waals surface area contributed by atoms with Crippen molar-refractivity contribution in [3.05, 3.63) is 21.7 Å². The zero-order valence-electron chi connectivity index (χ0n) is 6.43. The van der Waals surface area contributed by atoms with Crippen LogP contribution in [0.2, 0.25) is 0 Å². The van der Waals surface area contributed by atoms with Crippen molar-refractivity contribution in [3.63, 3.8) is 0 Å². The summed E-state index contributed by atoms with van der Waals surface area (Å²) in [5.74, 6) is 0.560. The summed E-state index contributed by atoms with van der Waals surface area (Å²) in [5.41, 5.74) is 2.74. The van der Waals surface area contributed by atoms with Crippen LogP contribution in [0.1, 0.15) is 11.3 Å². The van der Waals surface area contributed by atoms with Crippen LogP contribution < -0.4 is 11.0 Å². The fourth-order valence-electron chi connectivity index (χ4n) is 0.717. The van der Waals surface area contributed by atoms with E-state index < -0.39 is 0 Å². The van der Waals surface area contributed by atoms with Gasteiger partial charge in [-0.15, -0.1) is 0 Å². The van der Waals surface area contributed by atoms with Gasteiger partial charge in [0.1, 0.15) is 12.4 Å². The highest BCUT2D eigenvalue weighted by Gasteiger charge is 2.07. The average Bonchev–Trinajstić information content (AvgIpc) is 2.29. The maximum Gasteiger partial charge on any atom is 0.285 e. The summed E-state index contributed by atoms with van der Waals surface area (Å²) >= 11 is 0. The SMILES string of the molecule is CNOCc1c(C)o[nH]c1=O. The van der Waals surface area contributed by atoms with Crippen LogP contribution in [-0.4, -0.2) is 12.2 Å². The molecule has 0 aromatic carbocycles. The molecule has 5 nitrogen and oxygen atoms in total. The molecule has 0 radical (unpaired) electrons. The van der Waals surface area contributed by atoms with Crippen molar-refractivity contribution in [2.45, 2.75) is 13.5 Å². The minimum absolute atomic E-state index is 0.216. The lowest BCUT2D eigenvalue weighted by Crippen LogP contribution is -2.13. The smallest absolute Gasteiger partial charge is 0.285 e. The molecule has 0 aliphatic heterocycles. The zero-order valence-corrected chi connectivity index (χ0v) is 6.43. The highest BCUT2D eigenvalue weighted by atomic mass is 16.6. The summed E-state index contributed by atoms with van der Waals surface area (Å²) in [5, 5.41) is 2.21. The molecule has 2 N–H and O–H groups in total. The van der Waals surface area contributed by atoms with Gasteiger partial charge in [0.25, 0.3) is 5.56 Å². The maximum absolute atomic E-state index is 10.9. The van der Waals surface area contributed by atoms with Crippen LogP contribution in [0.3, 0.4) is 0 Å². The van der Waals surface area contributed by atoms with Gasteiger partial charge in [0.15, 0.2) is 0 Å². The predicted octanol–water partition coefficient (Wildman–Crippen LogP) is -0.0727. The Labute approximate surface area is 63.3 Å². The molecule has 0 aliphatic rings. The Morgan fingerprint density at radius 2 is 2.45 bits per heavy atom. The molecule has 1 aromatic heterocycles. The van der Waals surface area contributed by atoms with E-state index in [9.17, 15) is 4.79 Å². The first-order chi connectivity index (χ1) is 5.25. The molecule has 11 heavy (non-hydrogen) atoms. The van der Waals surface area contributed by atoms with Crippen molar-refractivity contribution in [1.82, 2.24) is 10.6 Å². The van der Waals surface area contributed by atoms with Crippen LogP contribution in [0.4, 0.5) is 0 Å². The van der Waals surface area contributed by atoms with Gasteiger partial charge in [-0.25, -0.2) is 5.48 Å². The van der Waals surface area contributed by atoms with Gasteiger partial charge >= 0.3 is 0 Å². The zero-order chi connectivity index (χ0) is 8.27. The van der Waals surface area contributed by atoms with E-state index in [1.165, 1.54) is 0 Å². The molecular formula is C6H10N2O3. The van der Waals surface area contributed by atoms with E-state index in [2.05, 4.69) is 10.6 Å². The van der Waals surface area contributed by atoms with E-state index >= 15 is 0 Å². The van der Waals surface area contributed by atoms with Crippen LogP contribution in [-0.2, 0) is 11.4 Å². The monoisotopic (exact) mass is 158 g/mol. The van der Waals surface area contributed by atoms with Gasteiger partial charge in [0.2, 0.25) is 0 Å². The van der Waals surface area contributed by atoms with Gasteiger partial charge < -0.3 is 4.52 Å². The summed E-state index contributed by atoms with van der Waals surface area (Å²) in [7, 11) is 1.63. The Morgan fingerprint density at radius 3 is 2.91 bits per heavy atom. The minimum Gasteiger partial charge on any atom is -0.383 e. The summed E-state index contributed by atoms with van der Waals surface area (Å²) in [4.78, 5) is 15.7. The molecule has 0 amide bonds. The third-order valence-corrected chi connectivity index (χ3v) is 1.36. The van der Waals surface area contributed by atoms with Gasteiger partial charge in [0.05, 0.1) is 5.56 Å². The third kappa shape index (κ3) is 1.69. The first-order valence-electron chi connectivity index (χ1n) is 3.21. The fraction of sp³-hybridized carbons (Fsp3) is 0.500. The molecule has 5 heteroatoms. The van der Waals surface area contributed by atoms with E-state index in [0.29, 0.717) is 11.3 Å². The van der Waals surface area contributed by atoms with E-state index in [-0.39, 0.29) is 12.2 Å². The maximum atomic E-state index is 10.9. The molecule has 1 aromatic rings. The highest BCUT2D eigenvalue weighted by molar-refractivity contribution is 5.10. The summed E-state index contributed by atoms with van der Waals surface area (Å²) in [6.07, 6.45) is 0. The number of rotatable bonds is 3. The number of aromatic amines is 1. The van der Waals surface area contributed by atoms with E-state index in [0.717, 1.165) is 0 Å². The standard InChI is InChI=1S/C6H10N2O3/c1-4-5(3-10-7-2)6(9)8-11-4/h7H,3H2,1-2H3,(H,8,9). The number of nitrogens with one attached hydrogen (secondary N) is 2. The molecular weight excluding hydrogens is 148 g/mol. The molecule has 0 bridgehead atoms. The molecule has 0 saturated heterocycles. The minimum atomic E-state index is -0.238. The van der Waals surface area contributed by atoms with Crippen LogP contribution in [0.15, 0.2) is 9.32 Å². The average molecular weight is 158 g/mol. The van der Waals surface area contributed by atoms with Crippen LogP contribution >= 0.6 is 0 Å². The second-order valence-corrected chi connectivity index (χ2v) is 2.06. The molecule has 0 spiro atoms. The van der Waals surface area contributed by atoms with Crippen molar-refractivity contribution in [3.8, 4) is 0 Å². The second kappa shape index (κ2) is 3.36. The molecule has 1 heterocycles. The Kier molecular flexibility index (Phi) is 2.45. The van der Waals surface area contributed by atoms with Gasteiger partial charge in [-0.05, 0) is 6.92 Å². The van der Waals surface area contributed by atoms with E-state index in [4.69, 9.17) is 9.36 Å². The summed E-state index contributed by atoms with van der Waals surface area (Å²) in [6.45, 7) is 1.92. The molecule has 0 atom stereocenters. The largest absolute Gasteiger partial charge is 0.383 e.